The van der Waals surface area contributed by atoms with Gasteiger partial charge in [0, 0.05) is 0 Å². The van der Waals surface area contributed by atoms with Gasteiger partial charge in [-0.15, -0.1) is 0 Å². The third kappa shape index (κ3) is 8.97. The monoisotopic (exact) mass is 378 g/mol. The summed E-state index contributed by atoms with van der Waals surface area (Å²) in [6, 6.07) is 9.57. The molecular weight excluding hydrogens is 340 g/mol. The SMILES string of the molecule is CCCCCc1ccc(C2CCC(CCC)CC2)cc1.CO[Si](=O)OC. The molecule has 0 N–H and O–H groups in total. The number of rotatable bonds is 9. The van der Waals surface area contributed by atoms with E-state index in [1.165, 1.54) is 84.0 Å². The number of benzene rings is 1. The summed E-state index contributed by atoms with van der Waals surface area (Å²) in [5, 5.41) is 0. The highest BCUT2D eigenvalue weighted by Crippen LogP contribution is 2.37. The predicted molar refractivity (Wildman–Crippen MR) is 110 cm³/mol. The van der Waals surface area contributed by atoms with E-state index in [2.05, 4.69) is 47.0 Å². The Hall–Kier alpha value is -1.16. The lowest BCUT2D eigenvalue weighted by Gasteiger charge is -2.28. The Labute approximate surface area is 162 Å². The van der Waals surface area contributed by atoms with Gasteiger partial charge < -0.3 is 8.85 Å². The summed E-state index contributed by atoms with van der Waals surface area (Å²) in [6.07, 6.45) is 13.8. The second kappa shape index (κ2) is 14.0. The van der Waals surface area contributed by atoms with Gasteiger partial charge in [-0.2, -0.15) is 0 Å². The van der Waals surface area contributed by atoms with Crippen molar-refractivity contribution in [3.05, 3.63) is 35.4 Å². The van der Waals surface area contributed by atoms with E-state index in [1.807, 2.05) is 0 Å². The Morgan fingerprint density at radius 3 is 2.00 bits per heavy atom. The second-order valence-corrected chi connectivity index (χ2v) is 8.68. The fraction of sp³-hybridized carbons (Fsp3) is 0.727. The van der Waals surface area contributed by atoms with E-state index in [-0.39, 0.29) is 0 Å². The van der Waals surface area contributed by atoms with Gasteiger partial charge in [0.05, 0.1) is 14.2 Å². The van der Waals surface area contributed by atoms with Crippen molar-refractivity contribution in [2.45, 2.75) is 84.0 Å². The van der Waals surface area contributed by atoms with Crippen molar-refractivity contribution in [3.8, 4) is 0 Å². The number of unbranched alkanes of at least 4 members (excludes halogenated alkanes) is 2. The van der Waals surface area contributed by atoms with Gasteiger partial charge in [0.2, 0.25) is 0 Å². The van der Waals surface area contributed by atoms with Crippen LogP contribution in [0.1, 0.15) is 88.7 Å². The molecule has 0 atom stereocenters. The first-order valence-electron chi connectivity index (χ1n) is 10.3. The number of hydrogen-bond donors (Lipinski definition) is 0. The van der Waals surface area contributed by atoms with Gasteiger partial charge in [-0.25, -0.2) is 0 Å². The van der Waals surface area contributed by atoms with Crippen LogP contribution in [0, 0.1) is 5.92 Å². The van der Waals surface area contributed by atoms with Crippen molar-refractivity contribution < 1.29 is 13.3 Å². The summed E-state index contributed by atoms with van der Waals surface area (Å²) in [5.74, 6) is 1.86. The molecule has 1 saturated carbocycles. The van der Waals surface area contributed by atoms with Crippen LogP contribution in [-0.2, 0) is 19.7 Å². The van der Waals surface area contributed by atoms with Gasteiger partial charge in [0.25, 0.3) is 0 Å². The highest BCUT2D eigenvalue weighted by atomic mass is 28.3. The van der Waals surface area contributed by atoms with Gasteiger partial charge in [0.1, 0.15) is 0 Å². The quantitative estimate of drug-likeness (QED) is 0.380. The van der Waals surface area contributed by atoms with Crippen LogP contribution in [-0.4, -0.2) is 23.4 Å². The number of hydrogen-bond acceptors (Lipinski definition) is 3. The zero-order chi connectivity index (χ0) is 19.2. The molecule has 0 radical (unpaired) electrons. The fourth-order valence-corrected chi connectivity index (χ4v) is 3.98. The van der Waals surface area contributed by atoms with Gasteiger partial charge >= 0.3 is 9.17 Å². The largest absolute Gasteiger partial charge is 0.766 e. The summed E-state index contributed by atoms with van der Waals surface area (Å²) in [7, 11) is 0.558. The molecule has 148 valence electrons. The first-order valence-corrected chi connectivity index (χ1v) is 11.6. The molecule has 0 aliphatic heterocycles. The third-order valence-electron chi connectivity index (χ3n) is 5.40. The van der Waals surface area contributed by atoms with E-state index in [0.29, 0.717) is 0 Å². The molecule has 0 amide bonds. The molecule has 0 unspecified atom stereocenters. The van der Waals surface area contributed by atoms with Crippen LogP contribution < -0.4 is 0 Å². The highest BCUT2D eigenvalue weighted by Gasteiger charge is 2.21. The molecule has 0 bridgehead atoms. The summed E-state index contributed by atoms with van der Waals surface area (Å²) in [6.45, 7) is 4.60. The Morgan fingerprint density at radius 1 is 0.923 bits per heavy atom. The molecule has 0 saturated heterocycles. The summed E-state index contributed by atoms with van der Waals surface area (Å²) in [4.78, 5) is 0. The molecule has 0 aromatic heterocycles. The van der Waals surface area contributed by atoms with Crippen LogP contribution in [0.25, 0.3) is 0 Å². The maximum absolute atomic E-state index is 9.92. The lowest BCUT2D eigenvalue weighted by Crippen LogP contribution is -2.13. The van der Waals surface area contributed by atoms with Crippen LogP contribution in [0.2, 0.25) is 0 Å². The van der Waals surface area contributed by atoms with Crippen molar-refractivity contribution in [3.63, 3.8) is 0 Å². The molecule has 1 aromatic carbocycles. The van der Waals surface area contributed by atoms with E-state index in [1.54, 1.807) is 5.56 Å². The predicted octanol–water partition coefficient (Wildman–Crippen LogP) is 6.19. The zero-order valence-electron chi connectivity index (χ0n) is 17.3. The van der Waals surface area contributed by atoms with Gasteiger partial charge in [-0.1, -0.05) is 63.8 Å². The third-order valence-corrected chi connectivity index (χ3v) is 6.06. The molecule has 0 spiro atoms. The maximum Gasteiger partial charge on any atom is 0.766 e. The van der Waals surface area contributed by atoms with Crippen LogP contribution >= 0.6 is 0 Å². The normalized spacial score (nSPS) is 19.2. The summed E-state index contributed by atoms with van der Waals surface area (Å²) < 4.78 is 18.4. The van der Waals surface area contributed by atoms with Crippen LogP contribution in [0.4, 0.5) is 0 Å². The second-order valence-electron chi connectivity index (χ2n) is 7.36. The highest BCUT2D eigenvalue weighted by molar-refractivity contribution is 6.25. The molecule has 26 heavy (non-hydrogen) atoms. The maximum atomic E-state index is 9.92. The lowest BCUT2D eigenvalue weighted by molar-refractivity contribution is 0.236. The lowest BCUT2D eigenvalue weighted by atomic mass is 9.77. The summed E-state index contributed by atoms with van der Waals surface area (Å²) >= 11 is 0. The van der Waals surface area contributed by atoms with E-state index >= 15 is 0 Å². The standard InChI is InChI=1S/C20H32.C2H6O3Si/c1-3-5-6-8-18-11-15-20(16-12-18)19-13-9-17(7-4-2)10-14-19;1-4-6(3)5-2/h11-12,15-17,19H,3-10,13-14H2,1-2H3;1-2H3. The molecule has 1 fully saturated rings. The van der Waals surface area contributed by atoms with Crippen molar-refractivity contribution >= 4 is 9.17 Å². The summed E-state index contributed by atoms with van der Waals surface area (Å²) in [5.41, 5.74) is 3.13. The average molecular weight is 379 g/mol. The van der Waals surface area contributed by atoms with E-state index in [0.717, 1.165) is 11.8 Å². The van der Waals surface area contributed by atoms with Crippen molar-refractivity contribution in [1.82, 2.24) is 0 Å². The van der Waals surface area contributed by atoms with Crippen LogP contribution in [0.5, 0.6) is 0 Å². The Bertz CT molecular complexity index is 473. The van der Waals surface area contributed by atoms with Crippen LogP contribution in [0.15, 0.2) is 24.3 Å². The van der Waals surface area contributed by atoms with Gasteiger partial charge in [0.15, 0.2) is 0 Å². The van der Waals surface area contributed by atoms with E-state index < -0.39 is 9.17 Å². The molecular formula is C22H38O3Si. The van der Waals surface area contributed by atoms with Gasteiger partial charge in [-0.3, -0.25) is 4.46 Å². The first kappa shape index (κ1) is 22.9. The number of aryl methyl sites for hydroxylation is 1. The smallest absolute Gasteiger partial charge is 0.499 e. The zero-order valence-corrected chi connectivity index (χ0v) is 18.3. The molecule has 2 rings (SSSR count). The van der Waals surface area contributed by atoms with Crippen molar-refractivity contribution in [2.24, 2.45) is 5.92 Å². The molecule has 1 aliphatic carbocycles. The molecule has 0 heterocycles. The minimum atomic E-state index is -2.12. The van der Waals surface area contributed by atoms with Crippen LogP contribution in [0.3, 0.4) is 0 Å². The van der Waals surface area contributed by atoms with Crippen molar-refractivity contribution in [2.75, 3.05) is 14.2 Å². The minimum Gasteiger partial charge on any atom is -0.499 e. The Morgan fingerprint density at radius 2 is 1.54 bits per heavy atom. The topological polar surface area (TPSA) is 35.5 Å². The van der Waals surface area contributed by atoms with E-state index in [4.69, 9.17) is 0 Å². The Balaban J connectivity index is 0.000000487. The minimum absolute atomic E-state index is 0.841. The van der Waals surface area contributed by atoms with Gasteiger partial charge in [-0.05, 0) is 61.5 Å². The molecule has 1 aromatic rings. The average Bonchev–Trinajstić information content (AvgIpc) is 2.69. The Kier molecular flexibility index (Phi) is 12.3. The molecule has 4 heteroatoms. The van der Waals surface area contributed by atoms with Crippen molar-refractivity contribution in [1.29, 1.82) is 0 Å². The first-order chi connectivity index (χ1) is 12.6. The fourth-order valence-electron chi connectivity index (χ4n) is 3.81. The molecule has 3 nitrogen and oxygen atoms in total. The van der Waals surface area contributed by atoms with E-state index in [9.17, 15) is 4.46 Å². The molecule has 1 aliphatic rings.